The SMILES string of the molecule is CCCCCCCOP(=S)([S-])OCCCCCCC.CCCCCCCOP(=S)([S-])OCCCCCCC.CCCCCCCOP(=S)([S-])OCCCCCCC.CCCCCCCOP(=S)([S-])OCCCCCCC.CCCCCCCOP(=S)([S-])OCCCCCCC.CCCCCCCOP(=S)([S-])OCCCCCCC.[Mo]. The van der Waals surface area contributed by atoms with Crippen LogP contribution in [0.4, 0.5) is 0 Å². The Hall–Kier alpha value is 6.21. The van der Waals surface area contributed by atoms with Crippen LogP contribution in [-0.2, 0) is 220 Å². The van der Waals surface area contributed by atoms with Gasteiger partial charge in [0.05, 0.1) is 113 Å². The van der Waals surface area contributed by atoms with Crippen LogP contribution in [0.2, 0.25) is 0 Å². The normalized spacial score (nSPS) is 11.8. The van der Waals surface area contributed by atoms with Crippen molar-refractivity contribution >= 4 is 178 Å². The molecule has 0 aromatic rings. The number of hydrogen-bond donors (Lipinski definition) is 0. The Morgan fingerprint density at radius 3 is 0.252 bits per heavy atom. The Morgan fingerprint density at radius 1 is 0.130 bits per heavy atom. The molecular weight excluding hydrogens is 1870 g/mol. The van der Waals surface area contributed by atoms with Crippen LogP contribution in [0.1, 0.15) is 468 Å². The van der Waals surface area contributed by atoms with E-state index in [1.54, 1.807) is 0 Å². The Bertz CT molecular complexity index is 1690. The van der Waals surface area contributed by atoms with Crippen LogP contribution in [0, 0.1) is 0 Å². The van der Waals surface area contributed by atoms with Gasteiger partial charge >= 0.3 is 0 Å². The van der Waals surface area contributed by atoms with Crippen molar-refractivity contribution in [1.82, 2.24) is 0 Å². The monoisotopic (exact) mass is 2050 g/mol. The molecule has 0 aliphatic rings. The van der Waals surface area contributed by atoms with Gasteiger partial charge in [0.2, 0.25) is 0 Å². The number of rotatable bonds is 84. The molecule has 0 saturated heterocycles. The van der Waals surface area contributed by atoms with Crippen LogP contribution in [0.15, 0.2) is 0 Å². The topological polar surface area (TPSA) is 111 Å². The van der Waals surface area contributed by atoms with Gasteiger partial charge in [-0.25, -0.2) is 0 Å². The molecule has 0 aliphatic heterocycles. The minimum absolute atomic E-state index is 0. The molecule has 0 heterocycles. The van der Waals surface area contributed by atoms with Gasteiger partial charge in [-0.05, 0) is 77.0 Å². The first kappa shape index (κ1) is 134. The van der Waals surface area contributed by atoms with Gasteiger partial charge in [0.15, 0.2) is 0 Å². The summed E-state index contributed by atoms with van der Waals surface area (Å²) in [5.41, 5.74) is -14.3. The molecule has 0 radical (unpaired) electrons. The van der Waals surface area contributed by atoms with Gasteiger partial charge in [-0.1, -0.05) is 462 Å². The summed E-state index contributed by atoms with van der Waals surface area (Å²) >= 11 is 62.7. The maximum absolute atomic E-state index is 5.56. The molecule has 0 amide bonds. The van der Waals surface area contributed by atoms with Gasteiger partial charge in [-0.3, -0.25) is 0 Å². The molecule has 0 spiro atoms. The van der Waals surface area contributed by atoms with Crippen LogP contribution >= 0.6 is 34.2 Å². The third kappa shape index (κ3) is 129. The summed E-state index contributed by atoms with van der Waals surface area (Å²) in [4.78, 5) is 0. The fraction of sp³-hybridized carbons (Fsp3) is 1.00. The molecule has 0 unspecified atom stereocenters. The Labute approximate surface area is 793 Å². The van der Waals surface area contributed by atoms with Crippen molar-refractivity contribution < 1.29 is 75.4 Å². The zero-order chi connectivity index (χ0) is 86.4. The summed E-state index contributed by atoms with van der Waals surface area (Å²) < 4.78 is 66.7. The minimum atomic E-state index is -2.39. The average molecular weight is 2050 g/mol. The summed E-state index contributed by atoms with van der Waals surface area (Å²) in [6.45, 7) is 34.6. The second-order valence-electron chi connectivity index (χ2n) is 29.7. The van der Waals surface area contributed by atoms with E-state index in [1.807, 2.05) is 0 Å². The van der Waals surface area contributed by atoms with Gasteiger partial charge in [0.1, 0.15) is 0 Å². The van der Waals surface area contributed by atoms with Crippen molar-refractivity contribution in [2.24, 2.45) is 0 Å². The van der Waals surface area contributed by atoms with Crippen LogP contribution in [0.25, 0.3) is 0 Å². The van der Waals surface area contributed by atoms with E-state index in [9.17, 15) is 0 Å². The van der Waals surface area contributed by atoms with Crippen LogP contribution in [0.3, 0.4) is 0 Å². The smallest absolute Gasteiger partial charge is 0.0563 e. The number of unbranched alkanes of at least 4 members (excludes halogenated alkanes) is 48. The molecule has 0 fully saturated rings. The van der Waals surface area contributed by atoms with E-state index in [2.05, 4.69) is 83.1 Å². The Kier molecular flexibility index (Phi) is 125. The second kappa shape index (κ2) is 107. The van der Waals surface area contributed by atoms with Crippen LogP contribution in [0.5, 0.6) is 0 Å². The van der Waals surface area contributed by atoms with E-state index >= 15 is 0 Å². The first-order valence-corrected chi connectivity index (χ1v) is 68.2. The summed E-state index contributed by atoms with van der Waals surface area (Å²) in [5, 5.41) is 0. The van der Waals surface area contributed by atoms with Crippen molar-refractivity contribution in [1.29, 1.82) is 0 Å². The second-order valence-corrected chi connectivity index (χ2v) is 59.6. The van der Waals surface area contributed by atoms with E-state index in [1.165, 1.54) is 308 Å². The summed E-state index contributed by atoms with van der Waals surface area (Å²) in [6.07, 6.45) is 73.2. The average Bonchev–Trinajstić information content (AvgIpc) is 0.980. The first-order chi connectivity index (χ1) is 54.7. The van der Waals surface area contributed by atoms with E-state index in [0.717, 1.165) is 77.0 Å². The third-order valence-electron chi connectivity index (χ3n) is 18.0. The Balaban J connectivity index is -0.000000243. The maximum Gasteiger partial charge on any atom is 0.0563 e. The maximum atomic E-state index is 5.56. The predicted octanol–water partition coefficient (Wildman–Crippen LogP) is 34.4. The predicted molar refractivity (Wildman–Crippen MR) is 546 cm³/mol. The molecular formula is C84H180MoO12P6S12-6. The molecule has 31 heteroatoms. The molecule has 0 aliphatic carbocycles. The fourth-order valence-corrected chi connectivity index (χ4v) is 20.9. The molecule has 0 saturated carbocycles. The molecule has 0 atom stereocenters. The van der Waals surface area contributed by atoms with Gasteiger partial charge in [-0.2, -0.15) is 0 Å². The molecule has 702 valence electrons. The molecule has 0 rings (SSSR count). The zero-order valence-corrected chi connectivity index (χ0v) is 93.0. The van der Waals surface area contributed by atoms with Crippen LogP contribution < -0.4 is 0 Å². The fourth-order valence-electron chi connectivity index (χ4n) is 10.8. The summed E-state index contributed by atoms with van der Waals surface area (Å²) in [7, 11) is 0. The third-order valence-corrected chi connectivity index (χ3v) is 31.5. The molecule has 0 aromatic heterocycles. The summed E-state index contributed by atoms with van der Waals surface area (Å²) in [6, 6.07) is 0. The van der Waals surface area contributed by atoms with Gasteiger partial charge < -0.3 is 128 Å². The molecule has 0 aromatic carbocycles. The van der Waals surface area contributed by atoms with E-state index in [0.29, 0.717) is 79.3 Å². The first-order valence-electron chi connectivity index (χ1n) is 46.3. The molecule has 12 nitrogen and oxygen atoms in total. The Morgan fingerprint density at radius 2 is 0.191 bits per heavy atom. The standard InChI is InChI=1S/6C14H31O2PS2.Mo/c6*1-3-5-7-9-11-13-15-17(18,19)16-14-12-10-8-6-4-2;/h6*3-14H2,1-2H3,(H,18,19);/p-6. The van der Waals surface area contributed by atoms with Crippen molar-refractivity contribution in [3.8, 4) is 0 Å². The number of hydrogen-bond acceptors (Lipinski definition) is 24. The van der Waals surface area contributed by atoms with Crippen molar-refractivity contribution in [2.75, 3.05) is 79.3 Å². The van der Waals surface area contributed by atoms with Gasteiger partial charge in [-0.15, -0.1) is 0 Å². The van der Waals surface area contributed by atoms with Gasteiger partial charge in [0, 0.05) is 21.1 Å². The largest absolute Gasteiger partial charge is 0.691 e. The zero-order valence-electron chi connectivity index (χ0n) is 75.8. The van der Waals surface area contributed by atoms with Crippen molar-refractivity contribution in [2.45, 2.75) is 468 Å². The minimum Gasteiger partial charge on any atom is -0.691 e. The van der Waals surface area contributed by atoms with Crippen molar-refractivity contribution in [3.05, 3.63) is 0 Å². The molecule has 115 heavy (non-hydrogen) atoms. The van der Waals surface area contributed by atoms with Gasteiger partial charge in [0.25, 0.3) is 0 Å². The van der Waals surface area contributed by atoms with E-state index in [-0.39, 0.29) is 21.1 Å². The van der Waals surface area contributed by atoms with Crippen LogP contribution in [-0.4, -0.2) is 79.3 Å². The summed E-state index contributed by atoms with van der Waals surface area (Å²) in [5.74, 6) is 0. The molecule has 0 bridgehead atoms. The molecule has 0 N–H and O–H groups in total. The van der Waals surface area contributed by atoms with E-state index in [4.69, 9.17) is 199 Å². The van der Waals surface area contributed by atoms with E-state index < -0.39 is 34.2 Å². The van der Waals surface area contributed by atoms with Crippen molar-refractivity contribution in [3.63, 3.8) is 0 Å². The quantitative estimate of drug-likeness (QED) is 0.0249.